The SMILES string of the molecule is CCOC(=O)C(C#N)=c1ccc2c(c1)N1C(c3ccccc3)=CC(c3ccccc3)C3CCCCC31N=2. The van der Waals surface area contributed by atoms with Crippen LogP contribution in [0.15, 0.2) is 89.9 Å². The topological polar surface area (TPSA) is 65.7 Å². The third-order valence-electron chi connectivity index (χ3n) is 7.97. The quantitative estimate of drug-likeness (QED) is 0.481. The summed E-state index contributed by atoms with van der Waals surface area (Å²) in [6, 6.07) is 29.1. The highest BCUT2D eigenvalue weighted by Crippen LogP contribution is 2.55. The van der Waals surface area contributed by atoms with Crippen LogP contribution < -0.4 is 15.5 Å². The Hall–Kier alpha value is -4.17. The summed E-state index contributed by atoms with van der Waals surface area (Å²) >= 11 is 0. The van der Waals surface area contributed by atoms with E-state index in [1.54, 1.807) is 6.92 Å². The molecule has 37 heavy (non-hydrogen) atoms. The summed E-state index contributed by atoms with van der Waals surface area (Å²) < 4.78 is 5.17. The van der Waals surface area contributed by atoms with Gasteiger partial charge in [0.25, 0.3) is 0 Å². The Morgan fingerprint density at radius 3 is 2.57 bits per heavy atom. The first-order chi connectivity index (χ1) is 18.2. The number of fused-ring (bicyclic) bond motifs is 2. The van der Waals surface area contributed by atoms with Crippen LogP contribution in [-0.2, 0) is 9.53 Å². The zero-order chi connectivity index (χ0) is 25.4. The molecule has 3 atom stereocenters. The molecule has 6 rings (SSSR count). The van der Waals surface area contributed by atoms with Gasteiger partial charge in [0.05, 0.1) is 17.7 Å². The number of esters is 1. The maximum atomic E-state index is 12.5. The summed E-state index contributed by atoms with van der Waals surface area (Å²) in [6.07, 6.45) is 6.76. The molecule has 2 aliphatic heterocycles. The van der Waals surface area contributed by atoms with E-state index in [2.05, 4.69) is 71.6 Å². The van der Waals surface area contributed by atoms with Gasteiger partial charge in [0.2, 0.25) is 0 Å². The fourth-order valence-corrected chi connectivity index (χ4v) is 6.44. The van der Waals surface area contributed by atoms with Gasteiger partial charge < -0.3 is 9.64 Å². The van der Waals surface area contributed by atoms with Gasteiger partial charge in [0.15, 0.2) is 0 Å². The number of allylic oxidation sites excluding steroid dienone is 1. The number of hydrogen-bond donors (Lipinski definition) is 0. The molecule has 3 aliphatic rings. The molecule has 1 fully saturated rings. The largest absolute Gasteiger partial charge is 0.462 e. The molecule has 3 aromatic carbocycles. The molecule has 0 amide bonds. The Bertz CT molecular complexity index is 1540. The lowest BCUT2D eigenvalue weighted by Gasteiger charge is -2.53. The van der Waals surface area contributed by atoms with Crippen molar-refractivity contribution < 1.29 is 9.53 Å². The van der Waals surface area contributed by atoms with Gasteiger partial charge in [-0.25, -0.2) is 4.79 Å². The van der Waals surface area contributed by atoms with Crippen molar-refractivity contribution in [3.8, 4) is 6.07 Å². The maximum Gasteiger partial charge on any atom is 0.349 e. The molecule has 1 aliphatic carbocycles. The van der Waals surface area contributed by atoms with E-state index in [4.69, 9.17) is 9.73 Å². The first-order valence-corrected chi connectivity index (χ1v) is 13.1. The van der Waals surface area contributed by atoms with E-state index in [1.165, 1.54) is 12.0 Å². The van der Waals surface area contributed by atoms with Gasteiger partial charge >= 0.3 is 5.97 Å². The van der Waals surface area contributed by atoms with E-state index in [1.807, 2.05) is 24.3 Å². The van der Waals surface area contributed by atoms with E-state index < -0.39 is 11.6 Å². The minimum absolute atomic E-state index is 0.0233. The highest BCUT2D eigenvalue weighted by Gasteiger charge is 2.55. The molecule has 1 spiro atoms. The summed E-state index contributed by atoms with van der Waals surface area (Å²) in [5.74, 6) is -0.0329. The van der Waals surface area contributed by atoms with Crippen molar-refractivity contribution >= 4 is 22.9 Å². The molecule has 0 bridgehead atoms. The normalized spacial score (nSPS) is 24.4. The Kier molecular flexibility index (Phi) is 5.88. The third kappa shape index (κ3) is 3.76. The lowest BCUT2D eigenvalue weighted by Crippen LogP contribution is -2.55. The first kappa shape index (κ1) is 23.2. The predicted octanol–water partition coefficient (Wildman–Crippen LogP) is 5.09. The molecule has 3 unspecified atom stereocenters. The minimum Gasteiger partial charge on any atom is -0.462 e. The Balaban J connectivity index is 1.61. The Morgan fingerprint density at radius 1 is 1.08 bits per heavy atom. The Labute approximate surface area is 217 Å². The van der Waals surface area contributed by atoms with Gasteiger partial charge in [-0.15, -0.1) is 0 Å². The highest BCUT2D eigenvalue weighted by molar-refractivity contribution is 6.15. The van der Waals surface area contributed by atoms with Crippen LogP contribution in [0.5, 0.6) is 0 Å². The molecule has 0 N–H and O–H groups in total. The maximum absolute atomic E-state index is 12.5. The molecule has 3 aromatic rings. The van der Waals surface area contributed by atoms with E-state index in [9.17, 15) is 10.1 Å². The Morgan fingerprint density at radius 2 is 1.84 bits per heavy atom. The third-order valence-corrected chi connectivity index (χ3v) is 7.97. The molecule has 5 nitrogen and oxygen atoms in total. The first-order valence-electron chi connectivity index (χ1n) is 13.1. The fourth-order valence-electron chi connectivity index (χ4n) is 6.44. The number of carbonyl (C=O) groups excluding carboxylic acids is 1. The number of hydrogen-bond acceptors (Lipinski definition) is 5. The van der Waals surface area contributed by atoms with E-state index in [0.29, 0.717) is 11.1 Å². The molecular formula is C32H29N3O2. The van der Waals surface area contributed by atoms with Crippen LogP contribution in [0.1, 0.15) is 49.7 Å². The zero-order valence-corrected chi connectivity index (χ0v) is 20.9. The molecule has 184 valence electrons. The molecule has 0 saturated heterocycles. The van der Waals surface area contributed by atoms with Crippen LogP contribution in [0.4, 0.5) is 5.69 Å². The van der Waals surface area contributed by atoms with Crippen LogP contribution in [0, 0.1) is 17.2 Å². The number of nitrogens with zero attached hydrogens (tertiary/aromatic N) is 3. The van der Waals surface area contributed by atoms with E-state index >= 15 is 0 Å². The monoisotopic (exact) mass is 487 g/mol. The highest BCUT2D eigenvalue weighted by atomic mass is 16.5. The molecule has 0 aromatic heterocycles. The van der Waals surface area contributed by atoms with Crippen molar-refractivity contribution in [3.05, 3.63) is 107 Å². The summed E-state index contributed by atoms with van der Waals surface area (Å²) in [4.78, 5) is 20.4. The van der Waals surface area contributed by atoms with Crippen molar-refractivity contribution in [3.63, 3.8) is 0 Å². The van der Waals surface area contributed by atoms with Gasteiger partial charge in [-0.1, -0.05) is 79.2 Å². The van der Waals surface area contributed by atoms with Gasteiger partial charge in [0, 0.05) is 22.8 Å². The van der Waals surface area contributed by atoms with Crippen molar-refractivity contribution in [1.82, 2.24) is 0 Å². The molecule has 5 heteroatoms. The van der Waals surface area contributed by atoms with Gasteiger partial charge in [-0.3, -0.25) is 4.99 Å². The van der Waals surface area contributed by atoms with Gasteiger partial charge in [-0.2, -0.15) is 5.26 Å². The standard InChI is InChI=1S/C32H29N3O2/c1-2-37-31(36)26(21-33)24-16-17-28-30(19-24)35-29(23-13-7-4-8-14-23)20-25(22-11-5-3-6-12-22)27-15-9-10-18-32(27,35)34-28/h3-8,11-14,16-17,19-20,25,27H,2,9-10,15,18H2,1H3. The van der Waals surface area contributed by atoms with Crippen molar-refractivity contribution in [1.29, 1.82) is 5.26 Å². The molecule has 1 saturated carbocycles. The molecule has 0 radical (unpaired) electrons. The molecule has 2 heterocycles. The van der Waals surface area contributed by atoms with Crippen LogP contribution in [0.25, 0.3) is 11.3 Å². The average Bonchev–Trinajstić information content (AvgIpc) is 3.27. The lowest BCUT2D eigenvalue weighted by molar-refractivity contribution is -0.136. The number of nitriles is 1. The van der Waals surface area contributed by atoms with Crippen LogP contribution in [-0.4, -0.2) is 18.2 Å². The number of ether oxygens (including phenoxy) is 1. The number of anilines is 1. The molecular weight excluding hydrogens is 458 g/mol. The number of carbonyl (C=O) groups is 1. The average molecular weight is 488 g/mol. The minimum atomic E-state index is -0.591. The number of rotatable bonds is 4. The second-order valence-electron chi connectivity index (χ2n) is 9.94. The smallest absolute Gasteiger partial charge is 0.349 e. The second-order valence-corrected chi connectivity index (χ2v) is 9.94. The van der Waals surface area contributed by atoms with Gasteiger partial charge in [0.1, 0.15) is 17.3 Å². The number of benzene rings is 3. The van der Waals surface area contributed by atoms with Crippen LogP contribution in [0.2, 0.25) is 0 Å². The lowest BCUT2D eigenvalue weighted by atomic mass is 9.66. The van der Waals surface area contributed by atoms with Crippen LogP contribution >= 0.6 is 0 Å². The summed E-state index contributed by atoms with van der Waals surface area (Å²) in [7, 11) is 0. The zero-order valence-electron chi connectivity index (χ0n) is 20.9. The van der Waals surface area contributed by atoms with E-state index in [-0.39, 0.29) is 18.1 Å². The van der Waals surface area contributed by atoms with E-state index in [0.717, 1.165) is 41.6 Å². The van der Waals surface area contributed by atoms with Gasteiger partial charge in [-0.05, 0) is 49.4 Å². The predicted molar refractivity (Wildman–Crippen MR) is 144 cm³/mol. The van der Waals surface area contributed by atoms with Crippen LogP contribution in [0.3, 0.4) is 0 Å². The summed E-state index contributed by atoms with van der Waals surface area (Å²) in [6.45, 7) is 1.97. The second kappa shape index (κ2) is 9.37. The van der Waals surface area contributed by atoms with Crippen molar-refractivity contribution in [2.75, 3.05) is 11.5 Å². The van der Waals surface area contributed by atoms with Crippen molar-refractivity contribution in [2.45, 2.75) is 44.2 Å². The summed E-state index contributed by atoms with van der Waals surface area (Å²) in [5.41, 5.74) is 4.14. The van der Waals surface area contributed by atoms with Crippen molar-refractivity contribution in [2.24, 2.45) is 10.9 Å². The fraction of sp³-hybridized carbons (Fsp3) is 0.281. The summed E-state index contributed by atoms with van der Waals surface area (Å²) in [5, 5.41) is 11.3.